The molecule has 0 aromatic heterocycles. The zero-order valence-corrected chi connectivity index (χ0v) is 8.58. The summed E-state index contributed by atoms with van der Waals surface area (Å²) in [5.41, 5.74) is 2.42. The van der Waals surface area contributed by atoms with Crippen molar-refractivity contribution in [2.45, 2.75) is 13.0 Å². The van der Waals surface area contributed by atoms with Crippen LogP contribution in [0.2, 0.25) is 0 Å². The number of fused-ring (bicyclic) bond motifs is 1. The van der Waals surface area contributed by atoms with Gasteiger partial charge in [-0.2, -0.15) is 0 Å². The van der Waals surface area contributed by atoms with Crippen molar-refractivity contribution in [3.05, 3.63) is 23.3 Å². The van der Waals surface area contributed by atoms with Crippen LogP contribution in [0.25, 0.3) is 0 Å². The Hall–Kier alpha value is -1.22. The third kappa shape index (κ3) is 1.44. The summed E-state index contributed by atoms with van der Waals surface area (Å²) < 4.78 is 5.22. The van der Waals surface area contributed by atoms with Crippen molar-refractivity contribution in [3.63, 3.8) is 0 Å². The summed E-state index contributed by atoms with van der Waals surface area (Å²) in [6, 6.07) is 3.70. The lowest BCUT2D eigenvalue weighted by Gasteiger charge is -2.26. The Kier molecular flexibility index (Phi) is 2.33. The summed E-state index contributed by atoms with van der Waals surface area (Å²) in [4.78, 5) is 2.23. The van der Waals surface area contributed by atoms with Gasteiger partial charge in [-0.1, -0.05) is 6.07 Å². The van der Waals surface area contributed by atoms with Gasteiger partial charge in [0.25, 0.3) is 0 Å². The van der Waals surface area contributed by atoms with Crippen LogP contribution in [0.1, 0.15) is 11.1 Å². The predicted molar refractivity (Wildman–Crippen MR) is 54.7 cm³/mol. The highest BCUT2D eigenvalue weighted by molar-refractivity contribution is 5.50. The van der Waals surface area contributed by atoms with Crippen molar-refractivity contribution < 1.29 is 9.84 Å². The zero-order chi connectivity index (χ0) is 10.1. The summed E-state index contributed by atoms with van der Waals surface area (Å²) in [5.74, 6) is 0.871. The highest BCUT2D eigenvalue weighted by atomic mass is 16.5. The normalized spacial score (nSPS) is 16.4. The Morgan fingerprint density at radius 2 is 2.21 bits per heavy atom. The molecule has 1 heterocycles. The van der Waals surface area contributed by atoms with E-state index >= 15 is 0 Å². The Balaban J connectivity index is 2.49. The van der Waals surface area contributed by atoms with E-state index in [2.05, 4.69) is 11.9 Å². The third-order valence-corrected chi connectivity index (χ3v) is 2.73. The maximum absolute atomic E-state index is 9.61. The molecule has 0 fully saturated rings. The molecule has 0 bridgehead atoms. The number of methoxy groups -OCH3 is 1. The van der Waals surface area contributed by atoms with Crippen LogP contribution in [0, 0.1) is 0 Å². The topological polar surface area (TPSA) is 32.7 Å². The highest BCUT2D eigenvalue weighted by Gasteiger charge is 2.19. The molecule has 0 atom stereocenters. The van der Waals surface area contributed by atoms with E-state index in [0.29, 0.717) is 5.75 Å². The van der Waals surface area contributed by atoms with Crippen LogP contribution in [0.3, 0.4) is 0 Å². The number of phenolic OH excluding ortho intramolecular Hbond substituents is 1. The molecule has 1 aliphatic heterocycles. The number of phenols is 1. The fourth-order valence-corrected chi connectivity index (χ4v) is 1.95. The van der Waals surface area contributed by atoms with Crippen molar-refractivity contribution in [3.8, 4) is 11.5 Å². The molecule has 2 rings (SSSR count). The number of hydrogen-bond acceptors (Lipinski definition) is 3. The minimum absolute atomic E-state index is 0.238. The summed E-state index contributed by atoms with van der Waals surface area (Å²) in [6.07, 6.45) is 1.03. The number of nitrogens with zero attached hydrogens (tertiary/aromatic N) is 1. The van der Waals surface area contributed by atoms with Gasteiger partial charge in [0.05, 0.1) is 7.11 Å². The SMILES string of the molecule is COc1c(O)ccc2c1CN(C)CC2. The number of likely N-dealkylation sites (N-methyl/N-ethyl adjacent to an activating group) is 1. The molecule has 0 unspecified atom stereocenters. The van der Waals surface area contributed by atoms with E-state index in [-0.39, 0.29) is 5.75 Å². The van der Waals surface area contributed by atoms with E-state index in [1.54, 1.807) is 13.2 Å². The largest absolute Gasteiger partial charge is 0.504 e. The second kappa shape index (κ2) is 3.50. The van der Waals surface area contributed by atoms with Crippen LogP contribution in [0.4, 0.5) is 0 Å². The predicted octanol–water partition coefficient (Wildman–Crippen LogP) is 1.39. The lowest BCUT2D eigenvalue weighted by molar-refractivity contribution is 0.296. The van der Waals surface area contributed by atoms with E-state index in [1.807, 2.05) is 6.07 Å². The van der Waals surface area contributed by atoms with Gasteiger partial charge in [0.1, 0.15) is 0 Å². The van der Waals surface area contributed by atoms with E-state index in [4.69, 9.17) is 4.74 Å². The maximum atomic E-state index is 9.61. The van der Waals surface area contributed by atoms with Crippen LogP contribution in [-0.4, -0.2) is 30.7 Å². The van der Waals surface area contributed by atoms with Gasteiger partial charge in [0.15, 0.2) is 11.5 Å². The molecule has 1 aromatic carbocycles. The average Bonchev–Trinajstić information content (AvgIpc) is 2.17. The van der Waals surface area contributed by atoms with Crippen LogP contribution in [0.15, 0.2) is 12.1 Å². The molecular weight excluding hydrogens is 178 g/mol. The zero-order valence-electron chi connectivity index (χ0n) is 8.58. The number of ether oxygens (including phenoxy) is 1. The van der Waals surface area contributed by atoms with E-state index in [1.165, 1.54) is 5.56 Å². The van der Waals surface area contributed by atoms with Crippen LogP contribution >= 0.6 is 0 Å². The first-order valence-electron chi connectivity index (χ1n) is 4.78. The van der Waals surface area contributed by atoms with Crippen molar-refractivity contribution in [1.82, 2.24) is 4.90 Å². The summed E-state index contributed by atoms with van der Waals surface area (Å²) in [7, 11) is 3.68. The Labute approximate surface area is 83.9 Å². The molecule has 1 N–H and O–H groups in total. The van der Waals surface area contributed by atoms with Crippen molar-refractivity contribution in [2.75, 3.05) is 20.7 Å². The minimum atomic E-state index is 0.238. The molecule has 0 aliphatic carbocycles. The van der Waals surface area contributed by atoms with Gasteiger partial charge in [-0.3, -0.25) is 0 Å². The van der Waals surface area contributed by atoms with Gasteiger partial charge >= 0.3 is 0 Å². The summed E-state index contributed by atoms with van der Waals surface area (Å²) in [5, 5.41) is 9.61. The van der Waals surface area contributed by atoms with Gasteiger partial charge in [-0.25, -0.2) is 0 Å². The fourth-order valence-electron chi connectivity index (χ4n) is 1.95. The highest BCUT2D eigenvalue weighted by Crippen LogP contribution is 2.35. The summed E-state index contributed by atoms with van der Waals surface area (Å²) >= 11 is 0. The molecular formula is C11H15NO2. The number of hydrogen-bond donors (Lipinski definition) is 1. The molecule has 3 nitrogen and oxygen atoms in total. The average molecular weight is 193 g/mol. The van der Waals surface area contributed by atoms with Crippen molar-refractivity contribution >= 4 is 0 Å². The standard InChI is InChI=1S/C11H15NO2/c1-12-6-5-8-3-4-10(13)11(14-2)9(8)7-12/h3-4,13H,5-7H2,1-2H3. The van der Waals surface area contributed by atoms with Gasteiger partial charge < -0.3 is 14.7 Å². The second-order valence-electron chi connectivity index (χ2n) is 3.74. The quantitative estimate of drug-likeness (QED) is 0.731. The van der Waals surface area contributed by atoms with Gasteiger partial charge in [-0.15, -0.1) is 0 Å². The minimum Gasteiger partial charge on any atom is -0.504 e. The first kappa shape index (κ1) is 9.34. The van der Waals surface area contributed by atoms with Crippen molar-refractivity contribution in [1.29, 1.82) is 0 Å². The first-order chi connectivity index (χ1) is 6.72. The monoisotopic (exact) mass is 193 g/mol. The third-order valence-electron chi connectivity index (χ3n) is 2.73. The van der Waals surface area contributed by atoms with Crippen LogP contribution < -0.4 is 4.74 Å². The molecule has 14 heavy (non-hydrogen) atoms. The lowest BCUT2D eigenvalue weighted by Crippen LogP contribution is -2.26. The Bertz CT molecular complexity index is 349. The summed E-state index contributed by atoms with van der Waals surface area (Å²) in [6.45, 7) is 1.92. The molecule has 0 amide bonds. The molecule has 76 valence electrons. The van der Waals surface area contributed by atoms with Gasteiger partial charge in [0, 0.05) is 18.7 Å². The first-order valence-corrected chi connectivity index (χ1v) is 4.78. The Morgan fingerprint density at radius 3 is 2.93 bits per heavy atom. The van der Waals surface area contributed by atoms with Crippen LogP contribution in [-0.2, 0) is 13.0 Å². The van der Waals surface area contributed by atoms with Crippen molar-refractivity contribution in [2.24, 2.45) is 0 Å². The molecule has 0 spiro atoms. The molecule has 3 heteroatoms. The second-order valence-corrected chi connectivity index (χ2v) is 3.74. The van der Waals surface area contributed by atoms with Crippen LogP contribution in [0.5, 0.6) is 11.5 Å². The number of aromatic hydroxyl groups is 1. The van der Waals surface area contributed by atoms with Gasteiger partial charge in [-0.05, 0) is 25.1 Å². The molecule has 1 aliphatic rings. The Morgan fingerprint density at radius 1 is 1.43 bits per heavy atom. The molecule has 1 aromatic rings. The number of rotatable bonds is 1. The maximum Gasteiger partial charge on any atom is 0.165 e. The molecule has 0 saturated heterocycles. The van der Waals surface area contributed by atoms with E-state index in [9.17, 15) is 5.11 Å². The smallest absolute Gasteiger partial charge is 0.165 e. The van der Waals surface area contributed by atoms with E-state index in [0.717, 1.165) is 25.1 Å². The number of benzene rings is 1. The van der Waals surface area contributed by atoms with Gasteiger partial charge in [0.2, 0.25) is 0 Å². The lowest BCUT2D eigenvalue weighted by atomic mass is 9.99. The molecule has 0 saturated carbocycles. The molecule has 0 radical (unpaired) electrons. The fraction of sp³-hybridized carbons (Fsp3) is 0.455. The van der Waals surface area contributed by atoms with E-state index < -0.39 is 0 Å².